The van der Waals surface area contributed by atoms with Crippen LogP contribution in [0.15, 0.2) is 75.2 Å². The van der Waals surface area contributed by atoms with Gasteiger partial charge in [0.25, 0.3) is 10.0 Å². The number of rotatable bonds is 8. The van der Waals surface area contributed by atoms with Gasteiger partial charge in [0.1, 0.15) is 10.6 Å². The number of nitrogens with one attached hydrogen (secondary N) is 1. The fourth-order valence-corrected chi connectivity index (χ4v) is 8.01. The van der Waals surface area contributed by atoms with Crippen molar-refractivity contribution in [2.45, 2.75) is 16.3 Å². The Morgan fingerprint density at radius 1 is 1.00 bits per heavy atom. The highest BCUT2D eigenvalue weighted by atomic mass is 35.5. The number of sulfonamides is 2. The van der Waals surface area contributed by atoms with Gasteiger partial charge >= 0.3 is 4.87 Å². The molecule has 0 aliphatic carbocycles. The Balaban J connectivity index is 1.44. The maximum atomic E-state index is 13.3. The van der Waals surface area contributed by atoms with E-state index < -0.39 is 20.0 Å². The molecule has 0 radical (unpaired) electrons. The van der Waals surface area contributed by atoms with Crippen LogP contribution >= 0.6 is 22.9 Å². The molecule has 2 heterocycles. The van der Waals surface area contributed by atoms with Crippen molar-refractivity contribution in [3.05, 3.63) is 80.9 Å². The Kier molecular flexibility index (Phi) is 7.73. The molecule has 0 amide bonds. The lowest BCUT2D eigenvalue weighted by atomic mass is 10.2. The van der Waals surface area contributed by atoms with Crippen molar-refractivity contribution in [1.82, 2.24) is 8.87 Å². The molecule has 1 aliphatic heterocycles. The van der Waals surface area contributed by atoms with E-state index in [9.17, 15) is 21.6 Å². The molecular weight excluding hydrogens is 586 g/mol. The Bertz CT molecular complexity index is 1790. The van der Waals surface area contributed by atoms with Gasteiger partial charge in [0.05, 0.1) is 47.7 Å². The number of nitrogens with zero attached hydrogens (tertiary/aromatic N) is 2. The van der Waals surface area contributed by atoms with Crippen molar-refractivity contribution in [2.75, 3.05) is 38.1 Å². The molecule has 10 nitrogen and oxygen atoms in total. The first kappa shape index (κ1) is 27.6. The van der Waals surface area contributed by atoms with E-state index in [1.807, 2.05) is 12.1 Å². The first-order chi connectivity index (χ1) is 18.6. The summed E-state index contributed by atoms with van der Waals surface area (Å²) in [6, 6.07) is 15.6. The van der Waals surface area contributed by atoms with E-state index in [0.717, 1.165) is 16.9 Å². The molecule has 0 spiro atoms. The van der Waals surface area contributed by atoms with Crippen LogP contribution in [0.3, 0.4) is 0 Å². The number of benzene rings is 3. The summed E-state index contributed by atoms with van der Waals surface area (Å²) < 4.78 is 69.3. The molecule has 0 unspecified atom stereocenters. The van der Waals surface area contributed by atoms with Crippen molar-refractivity contribution < 1.29 is 26.3 Å². The summed E-state index contributed by atoms with van der Waals surface area (Å²) >= 11 is 6.89. The molecule has 4 aromatic rings. The van der Waals surface area contributed by atoms with Crippen LogP contribution in [0.4, 0.5) is 5.69 Å². The lowest BCUT2D eigenvalue weighted by Gasteiger charge is -2.26. The van der Waals surface area contributed by atoms with E-state index >= 15 is 0 Å². The fraction of sp³-hybridized carbons (Fsp3) is 0.240. The van der Waals surface area contributed by atoms with E-state index in [-0.39, 0.29) is 52.4 Å². The van der Waals surface area contributed by atoms with E-state index in [0.29, 0.717) is 21.8 Å². The van der Waals surface area contributed by atoms with E-state index in [1.54, 1.807) is 22.8 Å². The number of morpholine rings is 1. The number of hydrogen-bond donors (Lipinski definition) is 1. The zero-order chi connectivity index (χ0) is 27.8. The molecule has 3 aromatic carbocycles. The smallest absolute Gasteiger partial charge is 0.308 e. The monoisotopic (exact) mass is 609 g/mol. The molecule has 206 valence electrons. The molecule has 0 bridgehead atoms. The summed E-state index contributed by atoms with van der Waals surface area (Å²) in [5, 5.41) is 0.589. The summed E-state index contributed by atoms with van der Waals surface area (Å²) in [6.07, 6.45) is 0. The number of ether oxygens (including phenoxy) is 2. The van der Waals surface area contributed by atoms with Crippen LogP contribution in [0.25, 0.3) is 10.2 Å². The molecule has 0 atom stereocenters. The Morgan fingerprint density at radius 2 is 1.72 bits per heavy atom. The third-order valence-electron chi connectivity index (χ3n) is 6.21. The second kappa shape index (κ2) is 10.9. The molecule has 39 heavy (non-hydrogen) atoms. The molecule has 1 fully saturated rings. The van der Waals surface area contributed by atoms with Crippen LogP contribution < -0.4 is 14.3 Å². The van der Waals surface area contributed by atoms with E-state index in [2.05, 4.69) is 4.72 Å². The lowest BCUT2D eigenvalue weighted by Crippen LogP contribution is -2.40. The first-order valence-corrected chi connectivity index (χ1v) is 15.9. The Labute approximate surface area is 234 Å². The number of fused-ring (bicyclic) bond motifs is 1. The summed E-state index contributed by atoms with van der Waals surface area (Å²) in [6.45, 7) is 1.21. The highest BCUT2D eigenvalue weighted by Gasteiger charge is 2.30. The Morgan fingerprint density at radius 3 is 2.41 bits per heavy atom. The number of methoxy groups -OCH3 is 1. The predicted octanol–water partition coefficient (Wildman–Crippen LogP) is 3.60. The van der Waals surface area contributed by atoms with Crippen LogP contribution in [0, 0.1) is 0 Å². The predicted molar refractivity (Wildman–Crippen MR) is 150 cm³/mol. The Hall–Kier alpha value is -2.94. The zero-order valence-electron chi connectivity index (χ0n) is 20.7. The second-order valence-electron chi connectivity index (χ2n) is 8.70. The average Bonchev–Trinajstić information content (AvgIpc) is 3.24. The minimum Gasteiger partial charge on any atom is -0.495 e. The van der Waals surface area contributed by atoms with Crippen LogP contribution in [-0.2, 0) is 31.3 Å². The number of halogens is 1. The number of anilines is 1. The van der Waals surface area contributed by atoms with Gasteiger partial charge in [-0.2, -0.15) is 4.31 Å². The standard InChI is InChI=1S/C25H24ClN3O7S3/c1-35-22-9-6-19(14-24(22)39(33,34)28-10-12-36-13-11-28)27-38(31,32)20-7-8-21-23(15-20)37-25(30)29(21)16-17-2-4-18(26)5-3-17/h2-9,14-15,27H,10-13,16H2,1H3. The molecule has 1 saturated heterocycles. The summed E-state index contributed by atoms with van der Waals surface area (Å²) in [4.78, 5) is 12.2. The van der Waals surface area contributed by atoms with Gasteiger partial charge in [-0.3, -0.25) is 14.1 Å². The third-order valence-corrected chi connectivity index (χ3v) is 10.7. The molecule has 14 heteroatoms. The number of thiazole rings is 1. The molecule has 1 aromatic heterocycles. The number of hydrogen-bond acceptors (Lipinski definition) is 8. The maximum Gasteiger partial charge on any atom is 0.308 e. The van der Waals surface area contributed by atoms with Gasteiger partial charge in [0.2, 0.25) is 10.0 Å². The largest absolute Gasteiger partial charge is 0.495 e. The average molecular weight is 610 g/mol. The number of aromatic nitrogens is 1. The minimum absolute atomic E-state index is 0.0521. The van der Waals surface area contributed by atoms with Crippen LogP contribution in [-0.4, -0.2) is 59.1 Å². The van der Waals surface area contributed by atoms with Crippen molar-refractivity contribution >= 4 is 58.9 Å². The van der Waals surface area contributed by atoms with E-state index in [1.165, 1.54) is 41.7 Å². The normalized spacial score (nSPS) is 14.9. The van der Waals surface area contributed by atoms with Gasteiger partial charge in [0, 0.05) is 18.1 Å². The highest BCUT2D eigenvalue weighted by molar-refractivity contribution is 7.92. The van der Waals surface area contributed by atoms with Gasteiger partial charge in [0.15, 0.2) is 0 Å². The van der Waals surface area contributed by atoms with E-state index in [4.69, 9.17) is 21.1 Å². The fourth-order valence-electron chi connectivity index (χ4n) is 4.22. The van der Waals surface area contributed by atoms with Crippen molar-refractivity contribution in [1.29, 1.82) is 0 Å². The summed E-state index contributed by atoms with van der Waals surface area (Å²) in [7, 11) is -6.73. The van der Waals surface area contributed by atoms with Gasteiger partial charge < -0.3 is 9.47 Å². The summed E-state index contributed by atoms with van der Waals surface area (Å²) in [5.74, 6) is 0.0951. The van der Waals surface area contributed by atoms with Crippen LogP contribution in [0.1, 0.15) is 5.56 Å². The second-order valence-corrected chi connectivity index (χ2v) is 13.7. The SMILES string of the molecule is COc1ccc(NS(=O)(=O)c2ccc3c(c2)sc(=O)n3Cc2ccc(Cl)cc2)cc1S(=O)(=O)N1CCOCC1. The topological polar surface area (TPSA) is 124 Å². The van der Waals surface area contributed by atoms with Crippen LogP contribution in [0.5, 0.6) is 5.75 Å². The van der Waals surface area contributed by atoms with Crippen LogP contribution in [0.2, 0.25) is 5.02 Å². The van der Waals surface area contributed by atoms with Gasteiger partial charge in [-0.25, -0.2) is 16.8 Å². The minimum atomic E-state index is -4.12. The zero-order valence-corrected chi connectivity index (χ0v) is 23.9. The van der Waals surface area contributed by atoms with Crippen molar-refractivity contribution in [3.8, 4) is 5.75 Å². The first-order valence-electron chi connectivity index (χ1n) is 11.7. The highest BCUT2D eigenvalue weighted by Crippen LogP contribution is 2.31. The maximum absolute atomic E-state index is 13.3. The summed E-state index contributed by atoms with van der Waals surface area (Å²) in [5.41, 5.74) is 1.53. The van der Waals surface area contributed by atoms with Crippen molar-refractivity contribution in [3.63, 3.8) is 0 Å². The van der Waals surface area contributed by atoms with Gasteiger partial charge in [-0.15, -0.1) is 0 Å². The molecule has 0 saturated carbocycles. The van der Waals surface area contributed by atoms with Crippen molar-refractivity contribution in [2.24, 2.45) is 0 Å². The molecule has 1 N–H and O–H groups in total. The molecular formula is C25H24ClN3O7S3. The third kappa shape index (κ3) is 5.69. The van der Waals surface area contributed by atoms with Gasteiger partial charge in [-0.1, -0.05) is 35.1 Å². The van der Waals surface area contributed by atoms with Gasteiger partial charge in [-0.05, 0) is 54.1 Å². The molecule has 5 rings (SSSR count). The molecule has 1 aliphatic rings. The quantitative estimate of drug-likeness (QED) is 0.324. The lowest BCUT2D eigenvalue weighted by molar-refractivity contribution is 0.0729.